The van der Waals surface area contributed by atoms with Crippen LogP contribution in [0.25, 0.3) is 0 Å². The molecule has 2 aliphatic rings. The summed E-state index contributed by atoms with van der Waals surface area (Å²) in [7, 11) is 0.317. The van der Waals surface area contributed by atoms with Crippen molar-refractivity contribution in [2.75, 3.05) is 14.2 Å². The molecule has 0 aliphatic heterocycles. The second-order valence-corrected chi connectivity index (χ2v) is 16.3. The van der Waals surface area contributed by atoms with E-state index in [9.17, 15) is 0 Å². The Morgan fingerprint density at radius 2 is 1.00 bits per heavy atom. The Kier molecular flexibility index (Phi) is 16.6. The zero-order chi connectivity index (χ0) is 18.4. The van der Waals surface area contributed by atoms with E-state index in [2.05, 4.69) is 51.4 Å². The molecule has 0 N–H and O–H groups in total. The van der Waals surface area contributed by atoms with Crippen LogP contribution in [0.5, 0.6) is 0 Å². The third kappa shape index (κ3) is 13.0. The topological polar surface area (TPSA) is 36.9 Å². The van der Waals surface area contributed by atoms with Gasteiger partial charge in [0, 0.05) is 0 Å². The molecule has 4 nitrogen and oxygen atoms in total. The summed E-state index contributed by atoms with van der Waals surface area (Å²) in [4.78, 5) is 0. The summed E-state index contributed by atoms with van der Waals surface area (Å²) in [6.07, 6.45) is 11.8. The summed E-state index contributed by atoms with van der Waals surface area (Å²) in [5, 5.41) is 0. The summed E-state index contributed by atoms with van der Waals surface area (Å²) < 4.78 is 21.8. The first kappa shape index (κ1) is 31.7. The monoisotopic (exact) mass is 528 g/mol. The standard InChI is InChI=1S/2C9H15O2Si.2ClH.Zr/c2*1-10-8-6-5-7-9(8)11-12(2,3)4;;;/h2*7H,5H2,1-4H3;2*1H;/q2*-1;;;+2. The third-order valence-corrected chi connectivity index (χ3v) is 4.45. The molecule has 0 aromatic rings. The van der Waals surface area contributed by atoms with Gasteiger partial charge in [-0.15, -0.1) is 49.8 Å². The van der Waals surface area contributed by atoms with Crippen molar-refractivity contribution >= 4 is 41.4 Å². The quantitative estimate of drug-likeness (QED) is 0.323. The molecule has 0 aromatic carbocycles. The van der Waals surface area contributed by atoms with Gasteiger partial charge in [0.15, 0.2) is 0 Å². The Morgan fingerprint density at radius 3 is 1.22 bits per heavy atom. The number of hydrogen-bond acceptors (Lipinski definition) is 4. The molecule has 0 amide bonds. The molecule has 154 valence electrons. The molecule has 0 bridgehead atoms. The first-order valence-electron chi connectivity index (χ1n) is 8.14. The van der Waals surface area contributed by atoms with Gasteiger partial charge in [0.1, 0.15) is 0 Å². The van der Waals surface area contributed by atoms with Crippen molar-refractivity contribution in [2.24, 2.45) is 0 Å². The average molecular weight is 531 g/mol. The van der Waals surface area contributed by atoms with Crippen LogP contribution in [0.4, 0.5) is 0 Å². The maximum absolute atomic E-state index is 5.78. The van der Waals surface area contributed by atoms with Gasteiger partial charge in [0.25, 0.3) is 0 Å². The van der Waals surface area contributed by atoms with E-state index in [0.29, 0.717) is 0 Å². The Balaban J connectivity index is -0.000000384. The first-order chi connectivity index (χ1) is 11.1. The predicted molar refractivity (Wildman–Crippen MR) is 116 cm³/mol. The Morgan fingerprint density at radius 1 is 0.704 bits per heavy atom. The SMILES string of the molecule is COC1=[C-]CC=C1O[Si](C)(C)C.COC1=[C-]CC=C1O[Si](C)(C)C.Cl.Cl.[Zr+2]. The molecule has 27 heavy (non-hydrogen) atoms. The molecule has 0 spiro atoms. The van der Waals surface area contributed by atoms with Crippen LogP contribution in [-0.4, -0.2) is 30.9 Å². The number of rotatable bonds is 6. The van der Waals surface area contributed by atoms with E-state index >= 15 is 0 Å². The van der Waals surface area contributed by atoms with Crippen LogP contribution >= 0.6 is 24.8 Å². The van der Waals surface area contributed by atoms with Crippen molar-refractivity contribution in [1.82, 2.24) is 0 Å². The van der Waals surface area contributed by atoms with E-state index in [1.165, 1.54) is 0 Å². The van der Waals surface area contributed by atoms with Gasteiger partial charge < -0.3 is 18.3 Å². The van der Waals surface area contributed by atoms with Gasteiger partial charge in [-0.3, -0.25) is 0 Å². The van der Waals surface area contributed by atoms with Crippen LogP contribution < -0.4 is 0 Å². The normalized spacial score (nSPS) is 15.1. The van der Waals surface area contributed by atoms with Gasteiger partial charge in [-0.2, -0.15) is 0 Å². The molecule has 0 radical (unpaired) electrons. The smallest absolute Gasteiger partial charge is 0.629 e. The Labute approximate surface area is 198 Å². The van der Waals surface area contributed by atoms with Gasteiger partial charge in [-0.25, -0.2) is 12.2 Å². The summed E-state index contributed by atoms with van der Waals surface area (Å²) in [5.74, 6) is 3.27. The molecule has 0 heterocycles. The maximum Gasteiger partial charge on any atom is 2.00 e. The maximum atomic E-state index is 5.78. The van der Waals surface area contributed by atoms with Crippen LogP contribution in [0.2, 0.25) is 39.3 Å². The van der Waals surface area contributed by atoms with Gasteiger partial charge >= 0.3 is 26.2 Å². The van der Waals surface area contributed by atoms with Crippen molar-refractivity contribution in [1.29, 1.82) is 0 Å². The summed E-state index contributed by atoms with van der Waals surface area (Å²) in [5.41, 5.74) is 0. The second kappa shape index (κ2) is 14.1. The van der Waals surface area contributed by atoms with Gasteiger partial charge in [0.05, 0.1) is 14.2 Å². The molecule has 0 atom stereocenters. The Bertz CT molecular complexity index is 513. The van der Waals surface area contributed by atoms with Crippen molar-refractivity contribution < 1.29 is 44.5 Å². The number of hydrogen-bond donors (Lipinski definition) is 0. The van der Waals surface area contributed by atoms with Crippen molar-refractivity contribution in [3.63, 3.8) is 0 Å². The molecule has 0 saturated heterocycles. The molecule has 0 unspecified atom stereocenters. The van der Waals surface area contributed by atoms with Crippen LogP contribution in [0.3, 0.4) is 0 Å². The number of ether oxygens (including phenoxy) is 2. The zero-order valence-electron chi connectivity index (χ0n) is 17.5. The van der Waals surface area contributed by atoms with Crippen molar-refractivity contribution in [3.8, 4) is 0 Å². The van der Waals surface area contributed by atoms with E-state index in [1.54, 1.807) is 14.2 Å². The van der Waals surface area contributed by atoms with Crippen LogP contribution in [0.15, 0.2) is 35.2 Å². The van der Waals surface area contributed by atoms with Gasteiger partial charge in [-0.05, 0) is 62.3 Å². The van der Waals surface area contributed by atoms with Gasteiger partial charge in [-0.1, -0.05) is 0 Å². The molecule has 0 saturated carbocycles. The first-order valence-corrected chi connectivity index (χ1v) is 15.0. The minimum atomic E-state index is -1.49. The van der Waals surface area contributed by atoms with Gasteiger partial charge in [0.2, 0.25) is 16.6 Å². The largest absolute Gasteiger partial charge is 2.00 e. The third-order valence-electron chi connectivity index (χ3n) is 2.79. The van der Waals surface area contributed by atoms with Crippen molar-refractivity contribution in [3.05, 3.63) is 47.3 Å². The van der Waals surface area contributed by atoms with Crippen LogP contribution in [0, 0.1) is 12.2 Å². The number of halogens is 2. The van der Waals surface area contributed by atoms with E-state index in [-0.39, 0.29) is 51.0 Å². The fraction of sp³-hybridized carbons (Fsp3) is 0.556. The van der Waals surface area contributed by atoms with Crippen molar-refractivity contribution in [2.45, 2.75) is 52.1 Å². The summed E-state index contributed by atoms with van der Waals surface area (Å²) in [6, 6.07) is 0. The molecule has 0 fully saturated rings. The minimum absolute atomic E-state index is 0. The van der Waals surface area contributed by atoms with Crippen LogP contribution in [-0.2, 0) is 44.5 Å². The molecular weight excluding hydrogens is 498 g/mol. The summed E-state index contributed by atoms with van der Waals surface area (Å²) >= 11 is 0. The molecule has 2 rings (SSSR count). The molecule has 2 aliphatic carbocycles. The van der Waals surface area contributed by atoms with E-state index in [1.807, 2.05) is 12.2 Å². The molecule has 0 aromatic heterocycles. The number of methoxy groups -OCH3 is 2. The van der Waals surface area contributed by atoms with E-state index in [4.69, 9.17) is 18.3 Å². The van der Waals surface area contributed by atoms with E-state index in [0.717, 1.165) is 35.9 Å². The second-order valence-electron chi connectivity index (χ2n) is 7.39. The van der Waals surface area contributed by atoms with E-state index < -0.39 is 16.6 Å². The molecule has 9 heteroatoms. The Hall–Kier alpha value is 0.0569. The fourth-order valence-electron chi connectivity index (χ4n) is 2.01. The fourth-order valence-corrected chi connectivity index (χ4v) is 3.69. The minimum Gasteiger partial charge on any atom is -0.629 e. The summed E-state index contributed by atoms with van der Waals surface area (Å²) in [6.45, 7) is 12.9. The predicted octanol–water partition coefficient (Wildman–Crippen LogP) is 5.76. The number of allylic oxidation sites excluding steroid dienone is 4. The zero-order valence-corrected chi connectivity index (χ0v) is 23.6. The average Bonchev–Trinajstić information content (AvgIpc) is 3.04. The molecular formula is C18H32Cl2O4Si2Zr. The van der Waals surface area contributed by atoms with Crippen LogP contribution in [0.1, 0.15) is 12.8 Å².